The summed E-state index contributed by atoms with van der Waals surface area (Å²) < 4.78 is 5.72. The molecule has 2 rings (SSSR count). The number of para-hydroxylation sites is 1. The quantitative estimate of drug-likeness (QED) is 0.446. The van der Waals surface area contributed by atoms with Crippen LogP contribution < -0.4 is 15.8 Å². The van der Waals surface area contributed by atoms with E-state index in [2.05, 4.69) is 15.3 Å². The molecule has 0 fully saturated rings. The van der Waals surface area contributed by atoms with Crippen molar-refractivity contribution in [3.05, 3.63) is 59.9 Å². The third-order valence-electron chi connectivity index (χ3n) is 3.35. The van der Waals surface area contributed by atoms with E-state index in [-0.39, 0.29) is 0 Å². The maximum absolute atomic E-state index is 5.83. The van der Waals surface area contributed by atoms with E-state index in [1.165, 1.54) is 0 Å². The summed E-state index contributed by atoms with van der Waals surface area (Å²) in [4.78, 5) is 8.55. The molecule has 3 N–H and O–H groups in total. The van der Waals surface area contributed by atoms with Gasteiger partial charge in [-0.2, -0.15) is 0 Å². The van der Waals surface area contributed by atoms with Crippen LogP contribution in [-0.2, 0) is 6.42 Å². The second kappa shape index (κ2) is 9.46. The number of pyridine rings is 1. The summed E-state index contributed by atoms with van der Waals surface area (Å²) >= 11 is 0. The van der Waals surface area contributed by atoms with Gasteiger partial charge in [0.25, 0.3) is 0 Å². The van der Waals surface area contributed by atoms with Crippen molar-refractivity contribution in [3.8, 4) is 5.75 Å². The molecule has 0 saturated carbocycles. The van der Waals surface area contributed by atoms with Gasteiger partial charge in [-0.25, -0.2) is 0 Å². The summed E-state index contributed by atoms with van der Waals surface area (Å²) in [6.07, 6.45) is 3.45. The number of aryl methyl sites for hydroxylation is 1. The summed E-state index contributed by atoms with van der Waals surface area (Å²) in [7, 11) is 0. The predicted molar refractivity (Wildman–Crippen MR) is 93.7 cm³/mol. The summed E-state index contributed by atoms with van der Waals surface area (Å²) in [5.74, 6) is 1.40. The van der Waals surface area contributed by atoms with Crippen molar-refractivity contribution >= 4 is 5.96 Å². The van der Waals surface area contributed by atoms with Gasteiger partial charge in [-0.05, 0) is 30.7 Å². The zero-order chi connectivity index (χ0) is 16.3. The van der Waals surface area contributed by atoms with Gasteiger partial charge in [-0.1, -0.05) is 24.3 Å². The van der Waals surface area contributed by atoms with Gasteiger partial charge in [0, 0.05) is 37.8 Å². The molecule has 0 saturated heterocycles. The lowest BCUT2D eigenvalue weighted by molar-refractivity contribution is 0.311. The van der Waals surface area contributed by atoms with Crippen LogP contribution in [0.5, 0.6) is 5.75 Å². The minimum absolute atomic E-state index is 0.469. The Hall–Kier alpha value is -2.56. The van der Waals surface area contributed by atoms with E-state index in [1.54, 1.807) is 6.20 Å². The summed E-state index contributed by atoms with van der Waals surface area (Å²) in [6, 6.07) is 13.9. The molecule has 1 aromatic carbocycles. The average molecular weight is 312 g/mol. The molecule has 1 aromatic heterocycles. The molecular formula is C18H24N4O. The predicted octanol–water partition coefficient (Wildman–Crippen LogP) is 2.31. The lowest BCUT2D eigenvalue weighted by atomic mass is 10.2. The third kappa shape index (κ3) is 6.38. The van der Waals surface area contributed by atoms with Crippen molar-refractivity contribution in [2.24, 2.45) is 10.7 Å². The van der Waals surface area contributed by atoms with Gasteiger partial charge >= 0.3 is 0 Å². The number of rotatable bonds is 8. The van der Waals surface area contributed by atoms with Crippen molar-refractivity contribution in [1.29, 1.82) is 0 Å². The molecule has 5 nitrogen and oxygen atoms in total. The van der Waals surface area contributed by atoms with Gasteiger partial charge in [0.15, 0.2) is 5.96 Å². The molecule has 0 atom stereocenters. The number of nitrogens with zero attached hydrogens (tertiary/aromatic N) is 2. The second-order valence-electron chi connectivity index (χ2n) is 5.23. The van der Waals surface area contributed by atoms with Crippen LogP contribution in [0.15, 0.2) is 53.7 Å². The first-order valence-corrected chi connectivity index (χ1v) is 7.88. The van der Waals surface area contributed by atoms with Crippen molar-refractivity contribution in [1.82, 2.24) is 10.3 Å². The van der Waals surface area contributed by atoms with Crippen LogP contribution in [0, 0.1) is 6.92 Å². The van der Waals surface area contributed by atoms with Gasteiger partial charge < -0.3 is 15.8 Å². The minimum atomic E-state index is 0.469. The number of benzene rings is 1. The van der Waals surface area contributed by atoms with Gasteiger partial charge in [-0.15, -0.1) is 0 Å². The number of nitrogens with one attached hydrogen (secondary N) is 1. The highest BCUT2D eigenvalue weighted by Gasteiger charge is 1.98. The Balaban J connectivity index is 1.59. The first-order valence-electron chi connectivity index (χ1n) is 7.88. The first-order chi connectivity index (χ1) is 11.3. The van der Waals surface area contributed by atoms with Crippen LogP contribution in [0.25, 0.3) is 0 Å². The molecule has 0 unspecified atom stereocenters. The molecule has 2 aromatic rings. The van der Waals surface area contributed by atoms with Crippen LogP contribution in [0.4, 0.5) is 0 Å². The molecule has 0 amide bonds. The number of aromatic nitrogens is 1. The molecule has 5 heteroatoms. The SMILES string of the molecule is Cc1ccccc1OCCCN=C(N)NCCc1ccccn1. The molecule has 0 aliphatic carbocycles. The van der Waals surface area contributed by atoms with Crippen molar-refractivity contribution in [3.63, 3.8) is 0 Å². The van der Waals surface area contributed by atoms with Crippen molar-refractivity contribution in [2.45, 2.75) is 19.8 Å². The summed E-state index contributed by atoms with van der Waals surface area (Å²) in [5, 5.41) is 3.10. The largest absolute Gasteiger partial charge is 0.493 e. The monoisotopic (exact) mass is 312 g/mol. The van der Waals surface area contributed by atoms with E-state index in [9.17, 15) is 0 Å². The maximum atomic E-state index is 5.83. The lowest BCUT2D eigenvalue weighted by Gasteiger charge is -2.08. The van der Waals surface area contributed by atoms with Gasteiger partial charge in [0.1, 0.15) is 5.75 Å². The average Bonchev–Trinajstić information content (AvgIpc) is 2.57. The molecular weight excluding hydrogens is 288 g/mol. The van der Waals surface area contributed by atoms with Crippen molar-refractivity contribution < 1.29 is 4.74 Å². The number of hydrogen-bond donors (Lipinski definition) is 2. The van der Waals surface area contributed by atoms with Crippen LogP contribution in [-0.4, -0.2) is 30.6 Å². The fraction of sp³-hybridized carbons (Fsp3) is 0.333. The minimum Gasteiger partial charge on any atom is -0.493 e. The Labute approximate surface area is 137 Å². The lowest BCUT2D eigenvalue weighted by Crippen LogP contribution is -2.33. The van der Waals surface area contributed by atoms with Gasteiger partial charge in [-0.3, -0.25) is 9.98 Å². The fourth-order valence-corrected chi connectivity index (χ4v) is 2.09. The number of ether oxygens (including phenoxy) is 1. The number of hydrogen-bond acceptors (Lipinski definition) is 3. The number of aliphatic imine (C=N–C) groups is 1. The molecule has 0 aliphatic heterocycles. The smallest absolute Gasteiger partial charge is 0.188 e. The summed E-state index contributed by atoms with van der Waals surface area (Å²) in [6.45, 7) is 4.05. The normalized spacial score (nSPS) is 11.3. The Morgan fingerprint density at radius 1 is 1.22 bits per heavy atom. The van der Waals surface area contributed by atoms with Gasteiger partial charge in [0.05, 0.1) is 6.61 Å². The van der Waals surface area contributed by atoms with Crippen LogP contribution in [0.1, 0.15) is 17.7 Å². The highest BCUT2D eigenvalue weighted by atomic mass is 16.5. The zero-order valence-corrected chi connectivity index (χ0v) is 13.5. The third-order valence-corrected chi connectivity index (χ3v) is 3.35. The van der Waals surface area contributed by atoms with E-state index in [0.717, 1.165) is 36.4 Å². The molecule has 0 radical (unpaired) electrons. The maximum Gasteiger partial charge on any atom is 0.188 e. The topological polar surface area (TPSA) is 72.5 Å². The highest BCUT2D eigenvalue weighted by molar-refractivity contribution is 5.77. The van der Waals surface area contributed by atoms with Gasteiger partial charge in [0.2, 0.25) is 0 Å². The Morgan fingerprint density at radius 3 is 2.83 bits per heavy atom. The van der Waals surface area contributed by atoms with Crippen LogP contribution in [0.2, 0.25) is 0 Å². The van der Waals surface area contributed by atoms with E-state index in [4.69, 9.17) is 10.5 Å². The second-order valence-corrected chi connectivity index (χ2v) is 5.23. The van der Waals surface area contributed by atoms with E-state index < -0.39 is 0 Å². The molecule has 0 bridgehead atoms. The van der Waals surface area contributed by atoms with Crippen LogP contribution >= 0.6 is 0 Å². The first kappa shape index (κ1) is 16.8. The number of guanidine groups is 1. The number of nitrogens with two attached hydrogens (primary N) is 1. The van der Waals surface area contributed by atoms with E-state index >= 15 is 0 Å². The molecule has 23 heavy (non-hydrogen) atoms. The van der Waals surface area contributed by atoms with Crippen molar-refractivity contribution in [2.75, 3.05) is 19.7 Å². The molecule has 122 valence electrons. The highest BCUT2D eigenvalue weighted by Crippen LogP contribution is 2.15. The molecule has 0 spiro atoms. The van der Waals surface area contributed by atoms with E-state index in [1.807, 2.05) is 49.4 Å². The fourth-order valence-electron chi connectivity index (χ4n) is 2.09. The molecule has 0 aliphatic rings. The Kier molecular flexibility index (Phi) is 6.91. The zero-order valence-electron chi connectivity index (χ0n) is 13.5. The van der Waals surface area contributed by atoms with E-state index in [0.29, 0.717) is 19.1 Å². The van der Waals surface area contributed by atoms with Crippen LogP contribution in [0.3, 0.4) is 0 Å². The molecule has 1 heterocycles. The standard InChI is InChI=1S/C18H24N4O/c1-15-7-2-3-9-17(15)23-14-6-12-21-18(19)22-13-10-16-8-4-5-11-20-16/h2-5,7-9,11H,6,10,12-14H2,1H3,(H3,19,21,22). The Bertz CT molecular complexity index is 613. The Morgan fingerprint density at radius 2 is 2.04 bits per heavy atom. The summed E-state index contributed by atoms with van der Waals surface area (Å²) in [5.41, 5.74) is 8.02.